The van der Waals surface area contributed by atoms with Crippen LogP contribution in [0.5, 0.6) is 11.5 Å². The van der Waals surface area contributed by atoms with Gasteiger partial charge in [0.1, 0.15) is 11.5 Å². The van der Waals surface area contributed by atoms with E-state index in [2.05, 4.69) is 43.0 Å². The molecule has 0 radical (unpaired) electrons. The molecule has 0 fully saturated rings. The molecule has 0 spiro atoms. The van der Waals surface area contributed by atoms with Crippen LogP contribution in [0.3, 0.4) is 0 Å². The molecule has 0 aliphatic heterocycles. The third-order valence-corrected chi connectivity index (χ3v) is 5.98. The monoisotopic (exact) mass is 449 g/mol. The zero-order valence-corrected chi connectivity index (χ0v) is 19.7. The van der Waals surface area contributed by atoms with Gasteiger partial charge in [-0.05, 0) is 85.6 Å². The zero-order valence-electron chi connectivity index (χ0n) is 18.9. The highest BCUT2D eigenvalue weighted by Gasteiger charge is 2.13. The van der Waals surface area contributed by atoms with E-state index < -0.39 is 0 Å². The molecule has 3 aromatic rings. The maximum atomic E-state index is 9.62. The van der Waals surface area contributed by atoms with Crippen molar-refractivity contribution in [2.75, 3.05) is 26.2 Å². The number of phenolic OH excluding ortho intramolecular Hbond substituents is 1. The third kappa shape index (κ3) is 6.62. The Bertz CT molecular complexity index is 978. The summed E-state index contributed by atoms with van der Waals surface area (Å²) in [4.78, 5) is 2.43. The molecule has 4 heteroatoms. The third-order valence-electron chi connectivity index (χ3n) is 5.58. The van der Waals surface area contributed by atoms with Crippen LogP contribution in [0.1, 0.15) is 43.4 Å². The fraction of sp³-hybridized carbons (Fsp3) is 0.286. The number of hydrogen-bond acceptors (Lipinski definition) is 3. The topological polar surface area (TPSA) is 32.7 Å². The van der Waals surface area contributed by atoms with Crippen LogP contribution in [0.4, 0.5) is 0 Å². The van der Waals surface area contributed by atoms with E-state index in [4.69, 9.17) is 16.3 Å². The van der Waals surface area contributed by atoms with Crippen LogP contribution in [0.15, 0.2) is 78.9 Å². The molecule has 0 unspecified atom stereocenters. The van der Waals surface area contributed by atoms with E-state index in [-0.39, 0.29) is 5.75 Å². The molecule has 0 atom stereocenters. The Morgan fingerprint density at radius 2 is 1.38 bits per heavy atom. The fourth-order valence-electron chi connectivity index (χ4n) is 3.66. The summed E-state index contributed by atoms with van der Waals surface area (Å²) in [5.41, 5.74) is 3.86. The standard InChI is InChI=1S/C28H32ClNO2/c1-3-30(4-2)20-8-9-21-32-26-18-14-23(15-19-26)27(22-10-6-5-7-11-22)28(29)24-12-16-25(31)17-13-24/h5-7,10-19,31H,3-4,8-9,20-21H2,1-2H3/b28-27+. The van der Waals surface area contributed by atoms with Crippen molar-refractivity contribution < 1.29 is 9.84 Å². The number of nitrogens with zero attached hydrogens (tertiary/aromatic N) is 1. The number of aromatic hydroxyl groups is 1. The predicted molar refractivity (Wildman–Crippen MR) is 135 cm³/mol. The molecule has 32 heavy (non-hydrogen) atoms. The number of phenols is 1. The van der Waals surface area contributed by atoms with E-state index in [1.54, 1.807) is 12.1 Å². The minimum Gasteiger partial charge on any atom is -0.508 e. The van der Waals surface area contributed by atoms with Gasteiger partial charge in [0.25, 0.3) is 0 Å². The van der Waals surface area contributed by atoms with E-state index in [0.29, 0.717) is 5.03 Å². The maximum absolute atomic E-state index is 9.62. The molecule has 1 N–H and O–H groups in total. The Labute approximate surface area is 196 Å². The number of halogens is 1. The average molecular weight is 450 g/mol. The SMILES string of the molecule is CCN(CC)CCCCOc1ccc(/C(=C(/Cl)c2ccc(O)cc2)c2ccccc2)cc1. The second-order valence-corrected chi connectivity index (χ2v) is 8.09. The van der Waals surface area contributed by atoms with Crippen molar-refractivity contribution in [2.45, 2.75) is 26.7 Å². The van der Waals surface area contributed by atoms with Crippen molar-refractivity contribution in [3.05, 3.63) is 95.6 Å². The molecule has 0 saturated heterocycles. The maximum Gasteiger partial charge on any atom is 0.119 e. The number of hydrogen-bond donors (Lipinski definition) is 1. The minimum atomic E-state index is 0.220. The molecule has 0 aromatic heterocycles. The van der Waals surface area contributed by atoms with E-state index in [9.17, 15) is 5.11 Å². The lowest BCUT2D eigenvalue weighted by Gasteiger charge is -2.17. The first-order chi connectivity index (χ1) is 15.6. The summed E-state index contributed by atoms with van der Waals surface area (Å²) in [6.45, 7) is 8.44. The lowest BCUT2D eigenvalue weighted by atomic mass is 9.95. The number of unbranched alkanes of at least 4 members (excludes halogenated alkanes) is 1. The highest BCUT2D eigenvalue weighted by molar-refractivity contribution is 6.53. The predicted octanol–water partition coefficient (Wildman–Crippen LogP) is 7.05. The summed E-state index contributed by atoms with van der Waals surface area (Å²) < 4.78 is 5.96. The van der Waals surface area contributed by atoms with E-state index >= 15 is 0 Å². The molecule has 0 heterocycles. The van der Waals surface area contributed by atoms with Crippen LogP contribution < -0.4 is 4.74 Å². The second kappa shape index (κ2) is 12.3. The summed E-state index contributed by atoms with van der Waals surface area (Å²) in [5, 5.41) is 10.3. The first-order valence-corrected chi connectivity index (χ1v) is 11.7. The molecular weight excluding hydrogens is 418 g/mol. The van der Waals surface area contributed by atoms with Crippen molar-refractivity contribution in [2.24, 2.45) is 0 Å². The Morgan fingerprint density at radius 3 is 2.00 bits per heavy atom. The van der Waals surface area contributed by atoms with Crippen molar-refractivity contribution >= 4 is 22.2 Å². The molecular formula is C28H32ClNO2. The van der Waals surface area contributed by atoms with Gasteiger partial charge in [0.15, 0.2) is 0 Å². The highest BCUT2D eigenvalue weighted by Crippen LogP contribution is 2.35. The van der Waals surface area contributed by atoms with Crippen molar-refractivity contribution in [1.29, 1.82) is 0 Å². The van der Waals surface area contributed by atoms with E-state index in [1.165, 1.54) is 0 Å². The Hall–Kier alpha value is -2.75. The first-order valence-electron chi connectivity index (χ1n) is 11.3. The summed E-state index contributed by atoms with van der Waals surface area (Å²) >= 11 is 6.86. The average Bonchev–Trinajstić information content (AvgIpc) is 2.83. The van der Waals surface area contributed by atoms with Crippen LogP contribution in [-0.4, -0.2) is 36.2 Å². The molecule has 0 aliphatic rings. The Kier molecular flexibility index (Phi) is 9.21. The van der Waals surface area contributed by atoms with Crippen LogP contribution in [-0.2, 0) is 0 Å². The summed E-state index contributed by atoms with van der Waals surface area (Å²) in [5.74, 6) is 1.09. The summed E-state index contributed by atoms with van der Waals surface area (Å²) in [6.07, 6.45) is 2.18. The summed E-state index contributed by atoms with van der Waals surface area (Å²) in [7, 11) is 0. The fourth-order valence-corrected chi connectivity index (χ4v) is 4.01. The zero-order chi connectivity index (χ0) is 22.8. The van der Waals surface area contributed by atoms with Gasteiger partial charge in [-0.3, -0.25) is 0 Å². The van der Waals surface area contributed by atoms with Crippen LogP contribution in [0.25, 0.3) is 10.6 Å². The molecule has 0 amide bonds. The normalized spacial score (nSPS) is 12.0. The van der Waals surface area contributed by atoms with Gasteiger partial charge in [0.05, 0.1) is 11.6 Å². The first kappa shape index (κ1) is 23.9. The van der Waals surface area contributed by atoms with Crippen LogP contribution in [0.2, 0.25) is 0 Å². The highest BCUT2D eigenvalue weighted by atomic mass is 35.5. The number of ether oxygens (including phenoxy) is 1. The lowest BCUT2D eigenvalue weighted by molar-refractivity contribution is 0.266. The van der Waals surface area contributed by atoms with Crippen molar-refractivity contribution in [1.82, 2.24) is 4.90 Å². The number of rotatable bonds is 11. The second-order valence-electron chi connectivity index (χ2n) is 7.71. The lowest BCUT2D eigenvalue weighted by Crippen LogP contribution is -2.24. The van der Waals surface area contributed by atoms with Gasteiger partial charge in [-0.25, -0.2) is 0 Å². The molecule has 0 aliphatic carbocycles. The van der Waals surface area contributed by atoms with E-state index in [1.807, 2.05) is 42.5 Å². The molecule has 3 nitrogen and oxygen atoms in total. The Balaban J connectivity index is 1.74. The van der Waals surface area contributed by atoms with Gasteiger partial charge < -0.3 is 14.7 Å². The van der Waals surface area contributed by atoms with Crippen LogP contribution in [0, 0.1) is 0 Å². The van der Waals surface area contributed by atoms with Gasteiger partial charge in [-0.2, -0.15) is 0 Å². The molecule has 0 saturated carbocycles. The smallest absolute Gasteiger partial charge is 0.119 e. The number of benzene rings is 3. The van der Waals surface area contributed by atoms with Gasteiger partial charge in [0.2, 0.25) is 0 Å². The minimum absolute atomic E-state index is 0.220. The van der Waals surface area contributed by atoms with Crippen molar-refractivity contribution in [3.63, 3.8) is 0 Å². The molecule has 3 aromatic carbocycles. The van der Waals surface area contributed by atoms with Gasteiger partial charge in [-0.15, -0.1) is 0 Å². The van der Waals surface area contributed by atoms with Crippen LogP contribution >= 0.6 is 11.6 Å². The van der Waals surface area contributed by atoms with Gasteiger partial charge in [0, 0.05) is 5.57 Å². The van der Waals surface area contributed by atoms with Gasteiger partial charge >= 0.3 is 0 Å². The molecule has 3 rings (SSSR count). The largest absolute Gasteiger partial charge is 0.508 e. The molecule has 0 bridgehead atoms. The summed E-state index contributed by atoms with van der Waals surface area (Å²) in [6, 6.07) is 25.2. The Morgan fingerprint density at radius 1 is 0.781 bits per heavy atom. The molecule has 168 valence electrons. The quantitative estimate of drug-likeness (QED) is 0.251. The van der Waals surface area contributed by atoms with Crippen molar-refractivity contribution in [3.8, 4) is 11.5 Å². The van der Waals surface area contributed by atoms with Gasteiger partial charge in [-0.1, -0.05) is 67.9 Å². The van der Waals surface area contributed by atoms with E-state index in [0.717, 1.165) is 67.1 Å².